The number of benzene rings is 2. The van der Waals surface area contributed by atoms with Crippen molar-refractivity contribution in [1.82, 2.24) is 0 Å². The SMILES string of the molecule is Cc1ccc(NC/C=C\COCc2ccccc2)cc1. The van der Waals surface area contributed by atoms with E-state index in [0.29, 0.717) is 13.2 Å². The lowest BCUT2D eigenvalue weighted by molar-refractivity contribution is 0.148. The van der Waals surface area contributed by atoms with Crippen LogP contribution in [0, 0.1) is 6.92 Å². The molecule has 2 rings (SSSR count). The number of anilines is 1. The zero-order valence-electron chi connectivity index (χ0n) is 11.9. The van der Waals surface area contributed by atoms with Gasteiger partial charge in [0.25, 0.3) is 0 Å². The zero-order valence-corrected chi connectivity index (χ0v) is 11.9. The number of hydrogen-bond acceptors (Lipinski definition) is 2. The summed E-state index contributed by atoms with van der Waals surface area (Å²) in [4.78, 5) is 0. The lowest BCUT2D eigenvalue weighted by Crippen LogP contribution is -1.99. The predicted octanol–water partition coefficient (Wildman–Crippen LogP) is 4.18. The fourth-order valence-electron chi connectivity index (χ4n) is 1.82. The Balaban J connectivity index is 1.59. The molecule has 0 aliphatic carbocycles. The van der Waals surface area contributed by atoms with Gasteiger partial charge in [0.2, 0.25) is 0 Å². The van der Waals surface area contributed by atoms with E-state index in [9.17, 15) is 0 Å². The minimum Gasteiger partial charge on any atom is -0.382 e. The molecule has 104 valence electrons. The summed E-state index contributed by atoms with van der Waals surface area (Å²) in [5, 5.41) is 3.34. The average Bonchev–Trinajstić information content (AvgIpc) is 2.49. The third-order valence-electron chi connectivity index (χ3n) is 2.97. The Morgan fingerprint density at radius 3 is 2.45 bits per heavy atom. The fourth-order valence-corrected chi connectivity index (χ4v) is 1.82. The molecule has 0 heterocycles. The Bertz CT molecular complexity index is 517. The highest BCUT2D eigenvalue weighted by Crippen LogP contribution is 2.07. The zero-order chi connectivity index (χ0) is 14.0. The molecule has 0 fully saturated rings. The summed E-state index contributed by atoms with van der Waals surface area (Å²) < 4.78 is 5.57. The fraction of sp³-hybridized carbons (Fsp3) is 0.222. The maximum atomic E-state index is 5.57. The number of nitrogens with one attached hydrogen (secondary N) is 1. The van der Waals surface area contributed by atoms with Gasteiger partial charge in [0.1, 0.15) is 0 Å². The molecule has 2 aromatic rings. The Kier molecular flexibility index (Phi) is 5.87. The maximum Gasteiger partial charge on any atom is 0.0721 e. The maximum absolute atomic E-state index is 5.57. The van der Waals surface area contributed by atoms with Crippen LogP contribution in [-0.4, -0.2) is 13.2 Å². The molecular weight excluding hydrogens is 246 g/mol. The van der Waals surface area contributed by atoms with E-state index in [-0.39, 0.29) is 0 Å². The molecule has 0 radical (unpaired) electrons. The van der Waals surface area contributed by atoms with Crippen LogP contribution in [0.1, 0.15) is 11.1 Å². The van der Waals surface area contributed by atoms with Gasteiger partial charge in [-0.15, -0.1) is 0 Å². The molecule has 2 aromatic carbocycles. The third-order valence-corrected chi connectivity index (χ3v) is 2.97. The highest BCUT2D eigenvalue weighted by atomic mass is 16.5. The molecule has 20 heavy (non-hydrogen) atoms. The van der Waals surface area contributed by atoms with Crippen molar-refractivity contribution in [2.75, 3.05) is 18.5 Å². The number of aryl methyl sites for hydroxylation is 1. The first kappa shape index (κ1) is 14.4. The van der Waals surface area contributed by atoms with Gasteiger partial charge in [0, 0.05) is 12.2 Å². The van der Waals surface area contributed by atoms with Gasteiger partial charge in [-0.3, -0.25) is 0 Å². The Morgan fingerprint density at radius 1 is 0.950 bits per heavy atom. The molecule has 0 saturated carbocycles. The van der Waals surface area contributed by atoms with Crippen molar-refractivity contribution in [2.45, 2.75) is 13.5 Å². The lowest BCUT2D eigenvalue weighted by atomic mass is 10.2. The average molecular weight is 267 g/mol. The van der Waals surface area contributed by atoms with Crippen molar-refractivity contribution in [3.63, 3.8) is 0 Å². The molecule has 0 spiro atoms. The van der Waals surface area contributed by atoms with E-state index < -0.39 is 0 Å². The van der Waals surface area contributed by atoms with Gasteiger partial charge < -0.3 is 10.1 Å². The van der Waals surface area contributed by atoms with Gasteiger partial charge in [0.05, 0.1) is 13.2 Å². The van der Waals surface area contributed by atoms with E-state index in [1.54, 1.807) is 0 Å². The van der Waals surface area contributed by atoms with Gasteiger partial charge in [-0.05, 0) is 24.6 Å². The minimum atomic E-state index is 0.643. The molecule has 0 aliphatic rings. The first-order valence-electron chi connectivity index (χ1n) is 6.92. The van der Waals surface area contributed by atoms with Crippen LogP contribution in [0.15, 0.2) is 66.7 Å². The molecule has 0 atom stereocenters. The van der Waals surface area contributed by atoms with Crippen molar-refractivity contribution >= 4 is 5.69 Å². The molecule has 0 unspecified atom stereocenters. The quantitative estimate of drug-likeness (QED) is 0.600. The van der Waals surface area contributed by atoms with Crippen molar-refractivity contribution in [2.24, 2.45) is 0 Å². The first-order chi connectivity index (χ1) is 9.84. The van der Waals surface area contributed by atoms with E-state index in [1.165, 1.54) is 11.1 Å². The lowest BCUT2D eigenvalue weighted by Gasteiger charge is -2.03. The predicted molar refractivity (Wildman–Crippen MR) is 84.9 cm³/mol. The monoisotopic (exact) mass is 267 g/mol. The molecule has 0 bridgehead atoms. The summed E-state index contributed by atoms with van der Waals surface area (Å²) in [7, 11) is 0. The van der Waals surface area contributed by atoms with Gasteiger partial charge in [-0.1, -0.05) is 60.2 Å². The van der Waals surface area contributed by atoms with Crippen LogP contribution in [0.3, 0.4) is 0 Å². The third kappa shape index (κ3) is 5.29. The van der Waals surface area contributed by atoms with Crippen LogP contribution in [0.2, 0.25) is 0 Å². The van der Waals surface area contributed by atoms with Crippen LogP contribution in [-0.2, 0) is 11.3 Å². The normalized spacial score (nSPS) is 10.8. The summed E-state index contributed by atoms with van der Waals surface area (Å²) >= 11 is 0. The Labute approximate surface area is 121 Å². The summed E-state index contributed by atoms with van der Waals surface area (Å²) in [6.07, 6.45) is 4.13. The van der Waals surface area contributed by atoms with Crippen LogP contribution >= 0.6 is 0 Å². The van der Waals surface area contributed by atoms with Crippen molar-refractivity contribution in [1.29, 1.82) is 0 Å². The minimum absolute atomic E-state index is 0.643. The van der Waals surface area contributed by atoms with Gasteiger partial charge in [0.15, 0.2) is 0 Å². The second-order valence-electron chi connectivity index (χ2n) is 4.72. The molecule has 0 saturated heterocycles. The van der Waals surface area contributed by atoms with E-state index in [4.69, 9.17) is 4.74 Å². The molecule has 1 N–H and O–H groups in total. The Hall–Kier alpha value is -2.06. The van der Waals surface area contributed by atoms with E-state index in [1.807, 2.05) is 24.3 Å². The van der Waals surface area contributed by atoms with Crippen LogP contribution in [0.5, 0.6) is 0 Å². The topological polar surface area (TPSA) is 21.3 Å². The van der Waals surface area contributed by atoms with E-state index in [2.05, 4.69) is 54.7 Å². The van der Waals surface area contributed by atoms with Crippen LogP contribution in [0.25, 0.3) is 0 Å². The van der Waals surface area contributed by atoms with Crippen LogP contribution in [0.4, 0.5) is 5.69 Å². The molecule has 0 amide bonds. The smallest absolute Gasteiger partial charge is 0.0721 e. The Morgan fingerprint density at radius 2 is 1.70 bits per heavy atom. The second kappa shape index (κ2) is 8.18. The molecule has 0 aromatic heterocycles. The first-order valence-corrected chi connectivity index (χ1v) is 6.92. The molecular formula is C18H21NO. The molecule has 2 nitrogen and oxygen atoms in total. The summed E-state index contributed by atoms with van der Waals surface area (Å²) in [6, 6.07) is 18.6. The summed E-state index contributed by atoms with van der Waals surface area (Å²) in [6.45, 7) is 4.21. The summed E-state index contributed by atoms with van der Waals surface area (Å²) in [5.74, 6) is 0. The highest BCUT2D eigenvalue weighted by Gasteiger charge is 1.90. The molecule has 2 heteroatoms. The second-order valence-corrected chi connectivity index (χ2v) is 4.72. The van der Waals surface area contributed by atoms with Gasteiger partial charge >= 0.3 is 0 Å². The van der Waals surface area contributed by atoms with E-state index >= 15 is 0 Å². The largest absolute Gasteiger partial charge is 0.382 e. The van der Waals surface area contributed by atoms with Crippen molar-refractivity contribution in [3.05, 3.63) is 77.9 Å². The number of rotatable bonds is 7. The number of hydrogen-bond donors (Lipinski definition) is 1. The standard InChI is InChI=1S/C18H21NO/c1-16-9-11-18(12-10-16)19-13-5-6-14-20-15-17-7-3-2-4-8-17/h2-12,19H,13-15H2,1H3/b6-5-. The number of ether oxygens (including phenoxy) is 1. The van der Waals surface area contributed by atoms with Crippen LogP contribution < -0.4 is 5.32 Å². The molecule has 0 aliphatic heterocycles. The van der Waals surface area contributed by atoms with Gasteiger partial charge in [-0.25, -0.2) is 0 Å². The van der Waals surface area contributed by atoms with Gasteiger partial charge in [-0.2, -0.15) is 0 Å². The summed E-state index contributed by atoms with van der Waals surface area (Å²) in [5.41, 5.74) is 3.63. The van der Waals surface area contributed by atoms with Crippen molar-refractivity contribution in [3.8, 4) is 0 Å². The van der Waals surface area contributed by atoms with Crippen molar-refractivity contribution < 1.29 is 4.74 Å². The van der Waals surface area contributed by atoms with E-state index in [0.717, 1.165) is 12.2 Å². The highest BCUT2D eigenvalue weighted by molar-refractivity contribution is 5.44.